The lowest BCUT2D eigenvalue weighted by molar-refractivity contribution is -0.170. The summed E-state index contributed by atoms with van der Waals surface area (Å²) in [6.45, 7) is -7.16. The van der Waals surface area contributed by atoms with Crippen LogP contribution in [-0.4, -0.2) is 373 Å². The monoisotopic (exact) mass is 1770 g/mol. The molecule has 2 aromatic heterocycles. The summed E-state index contributed by atoms with van der Waals surface area (Å²) in [7, 11) is 0. The first-order valence-corrected chi connectivity index (χ1v) is 37.1. The molecule has 1 aromatic carbocycles. The Hall–Kier alpha value is -11.2. The number of halogens is 3. The smallest absolute Gasteiger partial charge is 0.471 e. The molecular formula is C67H97F3N16O35S. The normalized spacial score (nSPS) is 16.2. The van der Waals surface area contributed by atoms with Crippen molar-refractivity contribution in [2.45, 2.75) is 205 Å². The van der Waals surface area contributed by atoms with Crippen molar-refractivity contribution in [3.8, 4) is 0 Å². The molecule has 0 aliphatic heterocycles. The van der Waals surface area contributed by atoms with Gasteiger partial charge in [0.25, 0.3) is 11.5 Å². The lowest BCUT2D eigenvalue weighted by atomic mass is 10.0. The van der Waals surface area contributed by atoms with Crippen LogP contribution in [0.5, 0.6) is 0 Å². The molecule has 55 heteroatoms. The maximum atomic E-state index is 14.6. The number of carboxylic acid groups (broad SMARTS) is 4. The summed E-state index contributed by atoms with van der Waals surface area (Å²) in [5.41, 5.74) is 2.34. The number of carboxylic acids is 4. The van der Waals surface area contributed by atoms with Gasteiger partial charge in [-0.2, -0.15) is 30.8 Å². The van der Waals surface area contributed by atoms with Crippen LogP contribution in [-0.2, 0) is 73.7 Å². The predicted molar refractivity (Wildman–Crippen MR) is 401 cm³/mol. The number of nitrogens with two attached hydrogens (primary N) is 1. The molecule has 19 atom stereocenters. The molecule has 0 aliphatic rings. The molecule has 3 aromatic rings. The number of hydrogen-bond donors (Lipinski definition) is 32. The molecule has 0 saturated carbocycles. The molecule has 0 aliphatic carbocycles. The number of alkyl halides is 3. The average Bonchev–Trinajstić information content (AvgIpc) is 0.794. The number of aliphatic hydroxyl groups is 15. The minimum atomic E-state index is -5.55. The maximum Gasteiger partial charge on any atom is 0.471 e. The largest absolute Gasteiger partial charge is 0.481 e. The van der Waals surface area contributed by atoms with E-state index in [-0.39, 0.29) is 22.2 Å². The maximum absolute atomic E-state index is 14.6. The van der Waals surface area contributed by atoms with Gasteiger partial charge in [-0.3, -0.25) is 77.0 Å². The van der Waals surface area contributed by atoms with Crippen molar-refractivity contribution in [3.05, 3.63) is 52.1 Å². The molecule has 0 spiro atoms. The second-order valence-electron chi connectivity index (χ2n) is 27.1. The van der Waals surface area contributed by atoms with E-state index in [1.54, 1.807) is 0 Å². The number of amides is 11. The third kappa shape index (κ3) is 34.7. The number of fused-ring (bicyclic) bond motifs is 1. The summed E-state index contributed by atoms with van der Waals surface area (Å²) in [5.74, 6) is -24.3. The average molecular weight is 1780 g/mol. The van der Waals surface area contributed by atoms with E-state index in [1.807, 2.05) is 5.32 Å². The SMILES string of the molecule is Nc1nc2ncc(CN(C(=O)C(F)(F)F)c3ccc(C(=O)N[C@@H](CCC(=O)N[C@@H](CCC(=O)NC[C@H](O)[C@@H](O)[C@H](O)[C@H](O)CO)C(=O)N[C@H](CCC(=O)O)C(=O)N[C@@H](CCC(=O)NC[C@H](O)[C@@H](O)[C@H](O)[C@H](O)CO)C(=O)N[C@H](CCC(=O)O)C(=O)N[C@@H](CCC(=O)NC[C@H](O)[C@@H](O)[C@H](O)[C@H](O)CO)C(=O)N[C@H](CS)C(=O)O)C(=O)O)cc3)nc2c(=O)[nH]1. The number of benzene rings is 1. The van der Waals surface area contributed by atoms with Crippen LogP contribution in [0.3, 0.4) is 0 Å². The molecule has 11 amide bonds. The second-order valence-corrected chi connectivity index (χ2v) is 27.4. The van der Waals surface area contributed by atoms with Gasteiger partial charge in [0.1, 0.15) is 97.2 Å². The van der Waals surface area contributed by atoms with E-state index in [0.29, 0.717) is 0 Å². The van der Waals surface area contributed by atoms with Crippen molar-refractivity contribution in [3.63, 3.8) is 0 Å². The van der Waals surface area contributed by atoms with E-state index in [9.17, 15) is 182 Å². The number of thiol groups is 1. The molecule has 3 rings (SSSR count). The lowest BCUT2D eigenvalue weighted by Gasteiger charge is -2.28. The van der Waals surface area contributed by atoms with Gasteiger partial charge in [0.05, 0.1) is 56.6 Å². The molecule has 0 unspecified atom stereocenters. The van der Waals surface area contributed by atoms with Crippen LogP contribution in [0.25, 0.3) is 11.2 Å². The summed E-state index contributed by atoms with van der Waals surface area (Å²) < 4.78 is 42.0. The van der Waals surface area contributed by atoms with Gasteiger partial charge in [-0.15, -0.1) is 0 Å². The standard InChI is InChI=1S/C67H97F3N16O35S/c68-67(69,70)65(121)86(21-27-17-75-55-48(76-27)62(116)85-66(71)84-55)28-3-1-26(2-4-28)56(110)82-34(63(117)118)8-14-45(99)77-29(5-11-42(96)72-18-36(90)49(104)52(107)39(93)22-87)57(111)80-32(9-15-46(100)101)59(113)78-30(6-12-43(97)73-19-37(91)50(105)53(108)40(94)23-88)58(112)81-33(10-16-47(102)103)60(114)79-31(61(115)83-35(25-122)64(119)120)7-13-44(98)74-20-38(92)51(106)54(109)41(95)24-89/h1-4,17,29-41,49-54,87-95,104-109,122H,5-16,18-25H2,(H,72,96)(H,73,97)(H,74,98)(H,77,99)(H,78,113)(H,79,114)(H,80,111)(H,81,112)(H,82,110)(H,83,115)(H,100,101)(H,102,103)(H,117,118)(H,119,120)(H3,71,75,84,85,116)/t29-,30-,31-,32+,33+,34-,35+,36-,37-,38-,39+,40+,41+,49+,50+,51+,52+,53+,54+/m0/s1. The van der Waals surface area contributed by atoms with Gasteiger partial charge in [-0.1, -0.05) is 0 Å². The molecule has 0 radical (unpaired) electrons. The zero-order valence-electron chi connectivity index (χ0n) is 64.0. The number of anilines is 2. The molecule has 51 nitrogen and oxygen atoms in total. The van der Waals surface area contributed by atoms with Gasteiger partial charge in [0.2, 0.25) is 59.1 Å². The van der Waals surface area contributed by atoms with Crippen LogP contribution in [0.1, 0.15) is 93.1 Å². The number of aromatic amines is 1. The quantitative estimate of drug-likeness (QED) is 0.0233. The van der Waals surface area contributed by atoms with E-state index in [2.05, 4.69) is 80.4 Å². The van der Waals surface area contributed by atoms with E-state index >= 15 is 0 Å². The van der Waals surface area contributed by atoms with Gasteiger partial charge in [-0.05, 0) is 62.8 Å². The highest BCUT2D eigenvalue weighted by Crippen LogP contribution is 2.27. The summed E-state index contributed by atoms with van der Waals surface area (Å²) in [4.78, 5) is 227. The van der Waals surface area contributed by atoms with Crippen LogP contribution in [0.2, 0.25) is 0 Å². The fourth-order valence-electron chi connectivity index (χ4n) is 10.7. The summed E-state index contributed by atoms with van der Waals surface area (Å²) in [6, 6.07) is -11.6. The number of aromatic nitrogens is 4. The number of carbonyl (C=O) groups is 15. The van der Waals surface area contributed by atoms with Gasteiger partial charge < -0.3 is 156 Å². The second kappa shape index (κ2) is 50.9. The zero-order chi connectivity index (χ0) is 92.3. The molecule has 0 saturated heterocycles. The Morgan fingerprint density at radius 1 is 0.443 bits per heavy atom. The Bertz CT molecular complexity index is 4150. The highest BCUT2D eigenvalue weighted by atomic mass is 32.1. The van der Waals surface area contributed by atoms with Crippen LogP contribution in [0.15, 0.2) is 35.3 Å². The molecule has 32 N–H and O–H groups in total. The van der Waals surface area contributed by atoms with Gasteiger partial charge >= 0.3 is 36.0 Å². The number of nitrogens with zero attached hydrogens (tertiary/aromatic N) is 4. The van der Waals surface area contributed by atoms with Crippen LogP contribution in [0.4, 0.5) is 24.8 Å². The molecular weight excluding hydrogens is 1680 g/mol. The topological polar surface area (TPSA) is 862 Å². The van der Waals surface area contributed by atoms with E-state index in [0.717, 1.165) is 30.5 Å². The summed E-state index contributed by atoms with van der Waals surface area (Å²) in [6.07, 6.45) is -42.0. The predicted octanol–water partition coefficient (Wildman–Crippen LogP) is -14.0. The molecule has 2 heterocycles. The Kier molecular flexibility index (Phi) is 43.8. The molecule has 0 bridgehead atoms. The Morgan fingerprint density at radius 2 is 0.770 bits per heavy atom. The first-order chi connectivity index (χ1) is 57.1. The van der Waals surface area contributed by atoms with Crippen LogP contribution >= 0.6 is 12.6 Å². The number of hydrogen-bond acceptors (Lipinski definition) is 36. The van der Waals surface area contributed by atoms with Crippen molar-refractivity contribution >= 4 is 124 Å². The lowest BCUT2D eigenvalue weighted by Crippen LogP contribution is -2.59. The molecule has 682 valence electrons. The van der Waals surface area contributed by atoms with E-state index in [4.69, 9.17) is 10.8 Å². The third-order valence-corrected chi connectivity index (χ3v) is 18.1. The molecule has 0 fully saturated rings. The van der Waals surface area contributed by atoms with Crippen molar-refractivity contribution in [1.29, 1.82) is 0 Å². The number of H-pyrrole nitrogens is 1. The summed E-state index contributed by atoms with van der Waals surface area (Å²) >= 11 is 3.86. The van der Waals surface area contributed by atoms with Crippen molar-refractivity contribution in [2.75, 3.05) is 55.8 Å². The minimum Gasteiger partial charge on any atom is -0.481 e. The fourth-order valence-corrected chi connectivity index (χ4v) is 10.9. The first kappa shape index (κ1) is 105. The van der Waals surface area contributed by atoms with Crippen molar-refractivity contribution in [1.82, 2.24) is 73.1 Å². The van der Waals surface area contributed by atoms with Crippen molar-refractivity contribution < 1.29 is 182 Å². The van der Waals surface area contributed by atoms with Gasteiger partial charge in [0.15, 0.2) is 11.2 Å². The third-order valence-electron chi connectivity index (χ3n) is 17.8. The fraction of sp³-hybridized carbons (Fsp3) is 0.597. The highest BCUT2D eigenvalue weighted by molar-refractivity contribution is 7.80. The van der Waals surface area contributed by atoms with Gasteiger partial charge in [0, 0.05) is 75.2 Å². The van der Waals surface area contributed by atoms with Crippen molar-refractivity contribution in [2.24, 2.45) is 0 Å². The number of nitrogens with one attached hydrogen (secondary N) is 11. The number of carbonyl (C=O) groups excluding carboxylic acids is 11. The van der Waals surface area contributed by atoms with Gasteiger partial charge in [-0.25, -0.2) is 19.6 Å². The number of aliphatic hydroxyl groups excluding tert-OH is 15. The highest BCUT2D eigenvalue weighted by Gasteiger charge is 2.44. The minimum absolute atomic E-state index is 0.133. The number of nitrogen functional groups attached to an aromatic ring is 1. The van der Waals surface area contributed by atoms with Crippen LogP contribution < -0.4 is 69.4 Å². The van der Waals surface area contributed by atoms with E-state index in [1.165, 1.54) is 0 Å². The zero-order valence-corrected chi connectivity index (χ0v) is 64.9. The van der Waals surface area contributed by atoms with Crippen LogP contribution in [0, 0.1) is 0 Å². The Morgan fingerprint density at radius 3 is 1.11 bits per heavy atom. The number of rotatable bonds is 55. The Balaban J connectivity index is 2.10. The first-order valence-electron chi connectivity index (χ1n) is 36.5. The number of aliphatic carboxylic acids is 4. The summed E-state index contributed by atoms with van der Waals surface area (Å²) in [5, 5.41) is 209. The van der Waals surface area contributed by atoms with E-state index < -0.39 is 362 Å². The molecule has 122 heavy (non-hydrogen) atoms. The Labute approximate surface area is 690 Å².